The minimum atomic E-state index is 0.0386. The lowest BCUT2D eigenvalue weighted by Crippen LogP contribution is -2.39. The molecule has 0 saturated carbocycles. The normalized spacial score (nSPS) is 20.8. The molecule has 0 aliphatic carbocycles. The van der Waals surface area contributed by atoms with Crippen molar-refractivity contribution in [2.24, 2.45) is 7.05 Å². The first-order valence-electron chi connectivity index (χ1n) is 8.25. The number of benzene rings is 1. The summed E-state index contributed by atoms with van der Waals surface area (Å²) in [7, 11) is 5.27. The molecule has 6 nitrogen and oxygen atoms in total. The average molecular weight is 331 g/mol. The molecule has 130 valence electrons. The standard InChI is InChI=1S/C18H25N3O3/c1-21-12-14(11-20-21)18-16(5-4-8-24-18)19-10-13-6-7-15(22-2)9-17(13)23-3/h6-7,9,11-12,16,18-19H,4-5,8,10H2,1-3H3/t16-,18+/m0/s1. The molecule has 3 rings (SSSR count). The van der Waals surface area contributed by atoms with Crippen LogP contribution in [0.1, 0.15) is 30.1 Å². The van der Waals surface area contributed by atoms with Crippen LogP contribution in [0.25, 0.3) is 0 Å². The maximum absolute atomic E-state index is 6.00. The molecule has 1 aliphatic heterocycles. The maximum Gasteiger partial charge on any atom is 0.127 e. The SMILES string of the molecule is COc1ccc(CN[C@H]2CCCO[C@@H]2c2cnn(C)c2)c(OC)c1. The van der Waals surface area contributed by atoms with Crippen LogP contribution in [0.2, 0.25) is 0 Å². The van der Waals surface area contributed by atoms with Crippen LogP contribution in [-0.4, -0.2) is 36.6 Å². The van der Waals surface area contributed by atoms with Gasteiger partial charge in [-0.2, -0.15) is 5.10 Å². The number of hydrogen-bond donors (Lipinski definition) is 1. The lowest BCUT2D eigenvalue weighted by atomic mass is 9.98. The van der Waals surface area contributed by atoms with Crippen LogP contribution >= 0.6 is 0 Å². The van der Waals surface area contributed by atoms with Gasteiger partial charge in [0, 0.05) is 49.6 Å². The van der Waals surface area contributed by atoms with Crippen molar-refractivity contribution in [1.29, 1.82) is 0 Å². The summed E-state index contributed by atoms with van der Waals surface area (Å²) >= 11 is 0. The first-order valence-corrected chi connectivity index (χ1v) is 8.25. The minimum absolute atomic E-state index is 0.0386. The van der Waals surface area contributed by atoms with Crippen molar-refractivity contribution in [3.63, 3.8) is 0 Å². The van der Waals surface area contributed by atoms with Gasteiger partial charge in [0.05, 0.1) is 20.4 Å². The molecule has 0 bridgehead atoms. The lowest BCUT2D eigenvalue weighted by molar-refractivity contribution is -0.0112. The van der Waals surface area contributed by atoms with E-state index in [0.717, 1.165) is 48.6 Å². The summed E-state index contributed by atoms with van der Waals surface area (Å²) in [6.07, 6.45) is 6.10. The quantitative estimate of drug-likeness (QED) is 0.881. The zero-order valence-corrected chi connectivity index (χ0v) is 14.5. The molecule has 24 heavy (non-hydrogen) atoms. The summed E-state index contributed by atoms with van der Waals surface area (Å²) in [5.74, 6) is 1.63. The summed E-state index contributed by atoms with van der Waals surface area (Å²) < 4.78 is 18.6. The fourth-order valence-electron chi connectivity index (χ4n) is 3.14. The van der Waals surface area contributed by atoms with E-state index in [1.807, 2.05) is 42.3 Å². The zero-order valence-electron chi connectivity index (χ0n) is 14.5. The van der Waals surface area contributed by atoms with Crippen molar-refractivity contribution in [1.82, 2.24) is 15.1 Å². The Kier molecular flexibility index (Phi) is 5.37. The largest absolute Gasteiger partial charge is 0.497 e. The van der Waals surface area contributed by atoms with Gasteiger partial charge in [0.15, 0.2) is 0 Å². The van der Waals surface area contributed by atoms with E-state index in [-0.39, 0.29) is 12.1 Å². The number of rotatable bonds is 6. The van der Waals surface area contributed by atoms with Crippen molar-refractivity contribution in [2.45, 2.75) is 31.5 Å². The Balaban J connectivity index is 1.70. The third-order valence-corrected chi connectivity index (χ3v) is 4.42. The van der Waals surface area contributed by atoms with Gasteiger partial charge in [0.1, 0.15) is 17.6 Å². The van der Waals surface area contributed by atoms with Gasteiger partial charge in [0.2, 0.25) is 0 Å². The molecule has 0 unspecified atom stereocenters. The lowest BCUT2D eigenvalue weighted by Gasteiger charge is -2.32. The monoisotopic (exact) mass is 331 g/mol. The van der Waals surface area contributed by atoms with Gasteiger partial charge in [0.25, 0.3) is 0 Å². The van der Waals surface area contributed by atoms with E-state index in [2.05, 4.69) is 10.4 Å². The Hall–Kier alpha value is -2.05. The summed E-state index contributed by atoms with van der Waals surface area (Å²) in [4.78, 5) is 0. The van der Waals surface area contributed by atoms with Crippen LogP contribution in [0, 0.1) is 0 Å². The first kappa shape index (κ1) is 16.8. The van der Waals surface area contributed by atoms with Crippen molar-refractivity contribution in [3.05, 3.63) is 41.7 Å². The summed E-state index contributed by atoms with van der Waals surface area (Å²) in [5, 5.41) is 7.89. The van der Waals surface area contributed by atoms with Gasteiger partial charge in [-0.05, 0) is 18.9 Å². The first-order chi connectivity index (χ1) is 11.7. The van der Waals surface area contributed by atoms with Crippen LogP contribution in [0.15, 0.2) is 30.6 Å². The van der Waals surface area contributed by atoms with Crippen LogP contribution < -0.4 is 14.8 Å². The molecule has 1 aromatic carbocycles. The predicted octanol–water partition coefficient (Wildman–Crippen LogP) is 2.45. The second-order valence-corrected chi connectivity index (χ2v) is 6.05. The van der Waals surface area contributed by atoms with Crippen molar-refractivity contribution < 1.29 is 14.2 Å². The van der Waals surface area contributed by atoms with Gasteiger partial charge in [-0.3, -0.25) is 4.68 Å². The van der Waals surface area contributed by atoms with E-state index in [4.69, 9.17) is 14.2 Å². The van der Waals surface area contributed by atoms with E-state index in [9.17, 15) is 0 Å². The molecule has 1 saturated heterocycles. The van der Waals surface area contributed by atoms with Crippen LogP contribution in [0.5, 0.6) is 11.5 Å². The molecule has 1 aromatic heterocycles. The number of methoxy groups -OCH3 is 2. The molecule has 6 heteroatoms. The summed E-state index contributed by atoms with van der Waals surface area (Å²) in [6.45, 7) is 1.52. The van der Waals surface area contributed by atoms with Gasteiger partial charge in [-0.15, -0.1) is 0 Å². The molecular weight excluding hydrogens is 306 g/mol. The molecule has 2 aromatic rings. The second-order valence-electron chi connectivity index (χ2n) is 6.05. The van der Waals surface area contributed by atoms with Gasteiger partial charge >= 0.3 is 0 Å². The highest BCUT2D eigenvalue weighted by atomic mass is 16.5. The molecule has 0 amide bonds. The molecule has 0 radical (unpaired) electrons. The molecule has 1 aliphatic rings. The van der Waals surface area contributed by atoms with Gasteiger partial charge < -0.3 is 19.5 Å². The number of aryl methyl sites for hydroxylation is 1. The molecule has 1 N–H and O–H groups in total. The zero-order chi connectivity index (χ0) is 16.9. The molecule has 2 atom stereocenters. The predicted molar refractivity (Wildman–Crippen MR) is 91.3 cm³/mol. The number of nitrogens with zero attached hydrogens (tertiary/aromatic N) is 2. The van der Waals surface area contributed by atoms with E-state index in [1.165, 1.54) is 0 Å². The Morgan fingerprint density at radius 3 is 2.92 bits per heavy atom. The Bertz CT molecular complexity index is 671. The third kappa shape index (κ3) is 3.71. The fraction of sp³-hybridized carbons (Fsp3) is 0.500. The van der Waals surface area contributed by atoms with Crippen LogP contribution in [0.4, 0.5) is 0 Å². The minimum Gasteiger partial charge on any atom is -0.497 e. The number of aromatic nitrogens is 2. The van der Waals surface area contributed by atoms with E-state index in [0.29, 0.717) is 0 Å². The van der Waals surface area contributed by atoms with E-state index in [1.54, 1.807) is 14.2 Å². The molecule has 0 spiro atoms. The summed E-state index contributed by atoms with van der Waals surface area (Å²) in [5.41, 5.74) is 2.23. The van der Waals surface area contributed by atoms with Crippen molar-refractivity contribution >= 4 is 0 Å². The molecular formula is C18H25N3O3. The smallest absolute Gasteiger partial charge is 0.127 e. The highest BCUT2D eigenvalue weighted by Gasteiger charge is 2.28. The topological polar surface area (TPSA) is 57.5 Å². The Morgan fingerprint density at radius 2 is 2.21 bits per heavy atom. The van der Waals surface area contributed by atoms with Crippen molar-refractivity contribution in [2.75, 3.05) is 20.8 Å². The number of hydrogen-bond acceptors (Lipinski definition) is 5. The second kappa shape index (κ2) is 7.68. The Morgan fingerprint density at radius 1 is 1.33 bits per heavy atom. The van der Waals surface area contributed by atoms with Crippen molar-refractivity contribution in [3.8, 4) is 11.5 Å². The third-order valence-electron chi connectivity index (χ3n) is 4.42. The summed E-state index contributed by atoms with van der Waals surface area (Å²) in [6, 6.07) is 6.16. The van der Waals surface area contributed by atoms with Gasteiger partial charge in [-0.1, -0.05) is 6.07 Å². The maximum atomic E-state index is 6.00. The highest BCUT2D eigenvalue weighted by Crippen LogP contribution is 2.29. The average Bonchev–Trinajstić information content (AvgIpc) is 3.06. The van der Waals surface area contributed by atoms with Crippen LogP contribution in [0.3, 0.4) is 0 Å². The molecule has 2 heterocycles. The Labute approximate surface area is 142 Å². The number of ether oxygens (including phenoxy) is 3. The number of nitrogens with one attached hydrogen (secondary N) is 1. The fourth-order valence-corrected chi connectivity index (χ4v) is 3.14. The van der Waals surface area contributed by atoms with E-state index >= 15 is 0 Å². The van der Waals surface area contributed by atoms with E-state index < -0.39 is 0 Å². The highest BCUT2D eigenvalue weighted by molar-refractivity contribution is 5.40. The van der Waals surface area contributed by atoms with Crippen LogP contribution in [-0.2, 0) is 18.3 Å². The molecule has 1 fully saturated rings. The van der Waals surface area contributed by atoms with Gasteiger partial charge in [-0.25, -0.2) is 0 Å².